The Bertz CT molecular complexity index is 869. The summed E-state index contributed by atoms with van der Waals surface area (Å²) in [7, 11) is 0. The van der Waals surface area contributed by atoms with Crippen LogP contribution in [0.3, 0.4) is 0 Å². The molecule has 0 saturated carbocycles. The number of hydrogen-bond acceptors (Lipinski definition) is 0. The molecule has 24 heavy (non-hydrogen) atoms. The lowest BCUT2D eigenvalue weighted by Gasteiger charge is -2.08. The molecular weight excluding hydrogens is 294 g/mol. The molecule has 0 saturated heterocycles. The molecule has 3 heterocycles. The summed E-state index contributed by atoms with van der Waals surface area (Å²) >= 11 is 0. The quantitative estimate of drug-likeness (QED) is 0.530. The Morgan fingerprint density at radius 3 is 2.08 bits per heavy atom. The molecule has 0 unspecified atom stereocenters. The van der Waals surface area contributed by atoms with Crippen LogP contribution in [-0.2, 0) is 19.4 Å². The van der Waals surface area contributed by atoms with Crippen molar-refractivity contribution in [1.82, 2.24) is 14.5 Å². The van der Waals surface area contributed by atoms with Crippen LogP contribution in [0, 0.1) is 0 Å². The standard InChI is InChI=1S/C21H21N3/c1-2-6-17(7-3-1)15-24-16-18(12-19-8-4-10-22-19)13-21(24)14-20-9-5-11-23-20/h1-11,13,16,22-23H,12,14-15H2. The van der Waals surface area contributed by atoms with E-state index in [1.54, 1.807) is 0 Å². The fraction of sp³-hybridized carbons (Fsp3) is 0.143. The highest BCUT2D eigenvalue weighted by atomic mass is 15.0. The summed E-state index contributed by atoms with van der Waals surface area (Å²) < 4.78 is 2.37. The molecule has 3 nitrogen and oxygen atoms in total. The molecule has 0 radical (unpaired) electrons. The number of aromatic amines is 2. The van der Waals surface area contributed by atoms with Crippen molar-refractivity contribution in [3.05, 3.63) is 107 Å². The molecule has 0 bridgehead atoms. The Labute approximate surface area is 142 Å². The molecule has 4 rings (SSSR count). The average Bonchev–Trinajstić information content (AvgIpc) is 3.33. The molecule has 3 heteroatoms. The summed E-state index contributed by atoms with van der Waals surface area (Å²) in [6.45, 7) is 0.904. The van der Waals surface area contributed by atoms with Gasteiger partial charge in [-0.05, 0) is 41.5 Å². The predicted molar refractivity (Wildman–Crippen MR) is 97.2 cm³/mol. The first-order valence-electron chi connectivity index (χ1n) is 8.33. The summed E-state index contributed by atoms with van der Waals surface area (Å²) in [6.07, 6.45) is 8.11. The van der Waals surface area contributed by atoms with Gasteiger partial charge in [-0.15, -0.1) is 0 Å². The lowest BCUT2D eigenvalue weighted by molar-refractivity contribution is 0.753. The topological polar surface area (TPSA) is 36.5 Å². The smallest absolute Gasteiger partial charge is 0.0473 e. The van der Waals surface area contributed by atoms with E-state index in [1.807, 2.05) is 12.4 Å². The molecule has 0 spiro atoms. The summed E-state index contributed by atoms with van der Waals surface area (Å²) in [6, 6.07) is 21.3. The predicted octanol–water partition coefficient (Wildman–Crippen LogP) is 4.37. The van der Waals surface area contributed by atoms with Crippen molar-refractivity contribution < 1.29 is 0 Å². The zero-order chi connectivity index (χ0) is 16.2. The molecular formula is C21H21N3. The summed E-state index contributed by atoms with van der Waals surface area (Å²) in [5.41, 5.74) is 6.50. The fourth-order valence-corrected chi connectivity index (χ4v) is 3.16. The number of nitrogens with zero attached hydrogens (tertiary/aromatic N) is 1. The van der Waals surface area contributed by atoms with Gasteiger partial charge in [0.05, 0.1) is 0 Å². The zero-order valence-corrected chi connectivity index (χ0v) is 13.6. The monoisotopic (exact) mass is 315 g/mol. The molecule has 0 fully saturated rings. The van der Waals surface area contributed by atoms with Gasteiger partial charge in [0.2, 0.25) is 0 Å². The SMILES string of the molecule is c1ccc(Cn2cc(Cc3ccc[nH]3)cc2Cc2ccc[nH]2)cc1. The third kappa shape index (κ3) is 3.35. The van der Waals surface area contributed by atoms with Crippen LogP contribution in [0.4, 0.5) is 0 Å². The van der Waals surface area contributed by atoms with E-state index in [4.69, 9.17) is 0 Å². The maximum atomic E-state index is 3.31. The second-order valence-electron chi connectivity index (χ2n) is 6.20. The maximum absolute atomic E-state index is 3.31. The molecule has 3 aromatic heterocycles. The van der Waals surface area contributed by atoms with Crippen molar-refractivity contribution in [3.8, 4) is 0 Å². The minimum Gasteiger partial charge on any atom is -0.365 e. The van der Waals surface area contributed by atoms with Crippen molar-refractivity contribution in [1.29, 1.82) is 0 Å². The lowest BCUT2D eigenvalue weighted by Crippen LogP contribution is -2.03. The van der Waals surface area contributed by atoms with Crippen LogP contribution in [0.5, 0.6) is 0 Å². The summed E-state index contributed by atoms with van der Waals surface area (Å²) in [4.78, 5) is 6.61. The van der Waals surface area contributed by atoms with E-state index in [0.717, 1.165) is 19.4 Å². The summed E-state index contributed by atoms with van der Waals surface area (Å²) in [5.74, 6) is 0. The van der Waals surface area contributed by atoms with E-state index in [9.17, 15) is 0 Å². The van der Waals surface area contributed by atoms with Gasteiger partial charge < -0.3 is 14.5 Å². The number of rotatable bonds is 6. The van der Waals surface area contributed by atoms with Crippen LogP contribution in [0.2, 0.25) is 0 Å². The molecule has 120 valence electrons. The van der Waals surface area contributed by atoms with Crippen molar-refractivity contribution in [2.45, 2.75) is 19.4 Å². The van der Waals surface area contributed by atoms with Gasteiger partial charge in [-0.2, -0.15) is 0 Å². The normalized spacial score (nSPS) is 11.0. The third-order valence-electron chi connectivity index (χ3n) is 4.33. The Balaban J connectivity index is 1.62. The Morgan fingerprint density at radius 2 is 1.42 bits per heavy atom. The number of aromatic nitrogens is 3. The van der Waals surface area contributed by atoms with E-state index in [2.05, 4.69) is 81.4 Å². The minimum atomic E-state index is 0.904. The van der Waals surface area contributed by atoms with Gasteiger partial charge in [-0.25, -0.2) is 0 Å². The number of hydrogen-bond donors (Lipinski definition) is 2. The number of H-pyrrole nitrogens is 2. The maximum Gasteiger partial charge on any atom is 0.0473 e. The molecule has 0 atom stereocenters. The second-order valence-corrected chi connectivity index (χ2v) is 6.20. The van der Waals surface area contributed by atoms with Crippen LogP contribution in [0.15, 0.2) is 79.3 Å². The molecule has 0 aliphatic rings. The molecule has 1 aromatic carbocycles. The molecule has 0 aliphatic heterocycles. The van der Waals surface area contributed by atoms with Crippen LogP contribution in [0.1, 0.15) is 28.2 Å². The zero-order valence-electron chi connectivity index (χ0n) is 13.6. The van der Waals surface area contributed by atoms with Crippen molar-refractivity contribution >= 4 is 0 Å². The van der Waals surface area contributed by atoms with Gasteiger partial charge >= 0.3 is 0 Å². The first-order chi connectivity index (χ1) is 11.9. The van der Waals surface area contributed by atoms with E-state index in [0.29, 0.717) is 0 Å². The van der Waals surface area contributed by atoms with E-state index < -0.39 is 0 Å². The largest absolute Gasteiger partial charge is 0.365 e. The fourth-order valence-electron chi connectivity index (χ4n) is 3.16. The molecule has 2 N–H and O–H groups in total. The van der Waals surface area contributed by atoms with Crippen LogP contribution in [0.25, 0.3) is 0 Å². The lowest BCUT2D eigenvalue weighted by atomic mass is 10.1. The van der Waals surface area contributed by atoms with Crippen molar-refractivity contribution in [3.63, 3.8) is 0 Å². The Morgan fingerprint density at radius 1 is 0.708 bits per heavy atom. The number of nitrogens with one attached hydrogen (secondary N) is 2. The van der Waals surface area contributed by atoms with Crippen molar-refractivity contribution in [2.24, 2.45) is 0 Å². The third-order valence-corrected chi connectivity index (χ3v) is 4.33. The Kier molecular flexibility index (Phi) is 4.07. The minimum absolute atomic E-state index is 0.904. The van der Waals surface area contributed by atoms with Gasteiger partial charge in [0.15, 0.2) is 0 Å². The highest BCUT2D eigenvalue weighted by molar-refractivity contribution is 5.28. The molecule has 4 aromatic rings. The van der Waals surface area contributed by atoms with Gasteiger partial charge in [-0.3, -0.25) is 0 Å². The first kappa shape index (κ1) is 14.6. The Hall–Kier alpha value is -2.94. The van der Waals surface area contributed by atoms with Crippen molar-refractivity contribution in [2.75, 3.05) is 0 Å². The highest BCUT2D eigenvalue weighted by Gasteiger charge is 2.09. The van der Waals surface area contributed by atoms with Gasteiger partial charge in [0.1, 0.15) is 0 Å². The van der Waals surface area contributed by atoms with E-state index >= 15 is 0 Å². The second kappa shape index (κ2) is 6.67. The van der Waals surface area contributed by atoms with Gasteiger partial charge in [0, 0.05) is 55.1 Å². The van der Waals surface area contributed by atoms with Crippen LogP contribution in [-0.4, -0.2) is 14.5 Å². The van der Waals surface area contributed by atoms with Crippen LogP contribution >= 0.6 is 0 Å². The average molecular weight is 315 g/mol. The summed E-state index contributed by atoms with van der Waals surface area (Å²) in [5, 5.41) is 0. The highest BCUT2D eigenvalue weighted by Crippen LogP contribution is 2.17. The van der Waals surface area contributed by atoms with Crippen LogP contribution < -0.4 is 0 Å². The van der Waals surface area contributed by atoms with E-state index in [1.165, 1.54) is 28.2 Å². The van der Waals surface area contributed by atoms with E-state index in [-0.39, 0.29) is 0 Å². The number of benzene rings is 1. The molecule has 0 aliphatic carbocycles. The first-order valence-corrected chi connectivity index (χ1v) is 8.33. The van der Waals surface area contributed by atoms with Gasteiger partial charge in [0.25, 0.3) is 0 Å². The molecule has 0 amide bonds. The van der Waals surface area contributed by atoms with Gasteiger partial charge in [-0.1, -0.05) is 30.3 Å².